The third kappa shape index (κ3) is 4.08. The van der Waals surface area contributed by atoms with Crippen molar-refractivity contribution in [3.63, 3.8) is 0 Å². The van der Waals surface area contributed by atoms with Gasteiger partial charge in [0.25, 0.3) is 5.91 Å². The fourth-order valence-corrected chi connectivity index (χ4v) is 4.20. The lowest BCUT2D eigenvalue weighted by Crippen LogP contribution is -2.62. The van der Waals surface area contributed by atoms with Crippen LogP contribution in [0.2, 0.25) is 0 Å². The van der Waals surface area contributed by atoms with Gasteiger partial charge in [-0.05, 0) is 42.3 Å². The summed E-state index contributed by atoms with van der Waals surface area (Å²) < 4.78 is 19.2. The number of halogens is 1. The summed E-state index contributed by atoms with van der Waals surface area (Å²) in [6, 6.07) is 20.9. The summed E-state index contributed by atoms with van der Waals surface area (Å²) in [7, 11) is 1.58. The molecule has 6 heteroatoms. The van der Waals surface area contributed by atoms with Gasteiger partial charge in [0.05, 0.1) is 7.11 Å². The predicted molar refractivity (Wildman–Crippen MR) is 120 cm³/mol. The van der Waals surface area contributed by atoms with Gasteiger partial charge in [-0.15, -0.1) is 0 Å². The van der Waals surface area contributed by atoms with Crippen molar-refractivity contribution in [1.82, 2.24) is 10.2 Å². The minimum Gasteiger partial charge on any atom is -0.496 e. The highest BCUT2D eigenvalue weighted by Gasteiger charge is 2.46. The molecule has 3 aromatic rings. The van der Waals surface area contributed by atoms with Crippen molar-refractivity contribution in [3.8, 4) is 5.75 Å². The average Bonchev–Trinajstić information content (AvgIpc) is 2.80. The normalized spacial score (nSPS) is 17.6. The first-order chi connectivity index (χ1) is 15.4. The Kier molecular flexibility index (Phi) is 5.95. The standard InChI is InChI=1S/C26H25FN2O3/c1-26(25(31)28-16-20-10-4-6-13-23(20)32-2)15-19-9-3-5-12-22(19)24(30)29(26)17-18-8-7-11-21(27)14-18/h3-14H,15-17H2,1-2H3,(H,28,31). The molecular formula is C26H25FN2O3. The van der Waals surface area contributed by atoms with E-state index in [9.17, 15) is 14.0 Å². The molecule has 32 heavy (non-hydrogen) atoms. The van der Waals surface area contributed by atoms with E-state index in [4.69, 9.17) is 4.74 Å². The minimum atomic E-state index is -1.14. The molecule has 0 spiro atoms. The predicted octanol–water partition coefficient (Wildman–Crippen LogP) is 4.11. The molecule has 1 aliphatic heterocycles. The van der Waals surface area contributed by atoms with Crippen molar-refractivity contribution in [3.05, 3.63) is 101 Å². The highest BCUT2D eigenvalue weighted by molar-refractivity contribution is 6.02. The van der Waals surface area contributed by atoms with Gasteiger partial charge >= 0.3 is 0 Å². The second kappa shape index (κ2) is 8.83. The molecule has 164 valence electrons. The summed E-state index contributed by atoms with van der Waals surface area (Å²) >= 11 is 0. The van der Waals surface area contributed by atoms with E-state index in [0.29, 0.717) is 23.3 Å². The number of rotatable bonds is 6. The van der Waals surface area contributed by atoms with E-state index < -0.39 is 5.54 Å². The van der Waals surface area contributed by atoms with Crippen LogP contribution >= 0.6 is 0 Å². The summed E-state index contributed by atoms with van der Waals surface area (Å²) in [6.07, 6.45) is 0.363. The van der Waals surface area contributed by atoms with Crippen LogP contribution in [0.1, 0.15) is 34.0 Å². The summed E-state index contributed by atoms with van der Waals surface area (Å²) in [5.74, 6) is -0.219. The molecule has 1 aliphatic rings. The Morgan fingerprint density at radius 3 is 2.62 bits per heavy atom. The van der Waals surface area contributed by atoms with Crippen molar-refractivity contribution in [2.75, 3.05) is 7.11 Å². The summed E-state index contributed by atoms with van der Waals surface area (Å²) in [5.41, 5.74) is 1.72. The lowest BCUT2D eigenvalue weighted by atomic mass is 9.82. The molecular weight excluding hydrogens is 407 g/mol. The first-order valence-electron chi connectivity index (χ1n) is 10.5. The molecule has 1 unspecified atom stereocenters. The number of amides is 2. The fraction of sp³-hybridized carbons (Fsp3) is 0.231. The molecule has 1 atom stereocenters. The van der Waals surface area contributed by atoms with Gasteiger partial charge in [-0.25, -0.2) is 4.39 Å². The van der Waals surface area contributed by atoms with Crippen LogP contribution in [0.4, 0.5) is 4.39 Å². The maximum atomic E-state index is 13.8. The zero-order valence-electron chi connectivity index (χ0n) is 18.1. The van der Waals surface area contributed by atoms with Crippen molar-refractivity contribution < 1.29 is 18.7 Å². The highest BCUT2D eigenvalue weighted by Crippen LogP contribution is 2.33. The Bertz CT molecular complexity index is 1160. The number of nitrogens with zero attached hydrogens (tertiary/aromatic N) is 1. The fourth-order valence-electron chi connectivity index (χ4n) is 4.20. The lowest BCUT2D eigenvalue weighted by molar-refractivity contribution is -0.132. The second-order valence-electron chi connectivity index (χ2n) is 8.12. The van der Waals surface area contributed by atoms with E-state index in [1.807, 2.05) is 42.5 Å². The number of benzene rings is 3. The number of ether oxygens (including phenoxy) is 1. The van der Waals surface area contributed by atoms with E-state index in [-0.39, 0.29) is 30.7 Å². The summed E-state index contributed by atoms with van der Waals surface area (Å²) in [5, 5.41) is 2.98. The number of nitrogens with one attached hydrogen (secondary N) is 1. The molecule has 0 aromatic heterocycles. The quantitative estimate of drug-likeness (QED) is 0.638. The molecule has 0 aliphatic carbocycles. The van der Waals surface area contributed by atoms with Gasteiger partial charge in [-0.1, -0.05) is 48.5 Å². The van der Waals surface area contributed by atoms with E-state index in [1.54, 1.807) is 37.1 Å². The number of carbonyl (C=O) groups is 2. The van der Waals surface area contributed by atoms with Crippen LogP contribution in [0.5, 0.6) is 5.75 Å². The Labute approximate surface area is 186 Å². The third-order valence-electron chi connectivity index (χ3n) is 5.97. The smallest absolute Gasteiger partial charge is 0.255 e. The van der Waals surface area contributed by atoms with E-state index >= 15 is 0 Å². The van der Waals surface area contributed by atoms with Gasteiger partial charge in [-0.2, -0.15) is 0 Å². The van der Waals surface area contributed by atoms with Crippen LogP contribution in [-0.4, -0.2) is 29.4 Å². The number of carbonyl (C=O) groups excluding carboxylic acids is 2. The molecule has 2 amide bonds. The average molecular weight is 432 g/mol. The van der Waals surface area contributed by atoms with Gasteiger partial charge in [0.2, 0.25) is 5.91 Å². The van der Waals surface area contributed by atoms with E-state index in [0.717, 1.165) is 11.1 Å². The Morgan fingerprint density at radius 2 is 1.84 bits per heavy atom. The molecule has 0 bridgehead atoms. The summed E-state index contributed by atoms with van der Waals surface area (Å²) in [6.45, 7) is 2.16. The highest BCUT2D eigenvalue weighted by atomic mass is 19.1. The van der Waals surface area contributed by atoms with Crippen LogP contribution in [-0.2, 0) is 24.3 Å². The molecule has 5 nitrogen and oxygen atoms in total. The number of hydrogen-bond acceptors (Lipinski definition) is 3. The molecule has 0 fully saturated rings. The molecule has 1 N–H and O–H groups in total. The van der Waals surface area contributed by atoms with Crippen molar-refractivity contribution in [2.45, 2.75) is 32.0 Å². The topological polar surface area (TPSA) is 58.6 Å². The van der Waals surface area contributed by atoms with Crippen LogP contribution in [0.3, 0.4) is 0 Å². The largest absolute Gasteiger partial charge is 0.496 e. The molecule has 4 rings (SSSR count). The van der Waals surface area contributed by atoms with Crippen LogP contribution in [0.25, 0.3) is 0 Å². The number of hydrogen-bond donors (Lipinski definition) is 1. The van der Waals surface area contributed by atoms with Crippen molar-refractivity contribution in [1.29, 1.82) is 0 Å². The van der Waals surface area contributed by atoms with E-state index in [1.165, 1.54) is 12.1 Å². The SMILES string of the molecule is COc1ccccc1CNC(=O)C1(C)Cc2ccccc2C(=O)N1Cc1cccc(F)c1. The van der Waals surface area contributed by atoms with Gasteiger partial charge in [0.1, 0.15) is 17.1 Å². The second-order valence-corrected chi connectivity index (χ2v) is 8.12. The molecule has 0 radical (unpaired) electrons. The van der Waals surface area contributed by atoms with E-state index in [2.05, 4.69) is 5.32 Å². The lowest BCUT2D eigenvalue weighted by Gasteiger charge is -2.44. The van der Waals surface area contributed by atoms with Crippen molar-refractivity contribution >= 4 is 11.8 Å². The molecule has 3 aromatic carbocycles. The minimum absolute atomic E-state index is 0.128. The van der Waals surface area contributed by atoms with Crippen LogP contribution in [0, 0.1) is 5.82 Å². The summed E-state index contributed by atoms with van der Waals surface area (Å²) in [4.78, 5) is 28.5. The van der Waals surface area contributed by atoms with Gasteiger partial charge in [0, 0.05) is 30.6 Å². The molecule has 0 saturated carbocycles. The first kappa shape index (κ1) is 21.6. The van der Waals surface area contributed by atoms with Crippen LogP contribution in [0.15, 0.2) is 72.8 Å². The van der Waals surface area contributed by atoms with Gasteiger partial charge in [0.15, 0.2) is 0 Å². The first-order valence-corrected chi connectivity index (χ1v) is 10.5. The Hall–Kier alpha value is -3.67. The van der Waals surface area contributed by atoms with Crippen LogP contribution < -0.4 is 10.1 Å². The number of fused-ring (bicyclic) bond motifs is 1. The number of para-hydroxylation sites is 1. The van der Waals surface area contributed by atoms with Gasteiger partial charge < -0.3 is 15.0 Å². The zero-order chi connectivity index (χ0) is 22.7. The molecule has 1 heterocycles. The molecule has 0 saturated heterocycles. The maximum Gasteiger partial charge on any atom is 0.255 e. The monoisotopic (exact) mass is 432 g/mol. The van der Waals surface area contributed by atoms with Crippen molar-refractivity contribution in [2.24, 2.45) is 0 Å². The Morgan fingerprint density at radius 1 is 1.09 bits per heavy atom. The zero-order valence-corrected chi connectivity index (χ0v) is 18.1. The Balaban J connectivity index is 1.65. The number of methoxy groups -OCH3 is 1. The van der Waals surface area contributed by atoms with Gasteiger partial charge in [-0.3, -0.25) is 9.59 Å². The third-order valence-corrected chi connectivity index (χ3v) is 5.97. The maximum absolute atomic E-state index is 13.8.